The number of benzene rings is 1. The number of imidazole rings is 1. The van der Waals surface area contributed by atoms with Crippen molar-refractivity contribution in [3.63, 3.8) is 0 Å². The first-order valence-electron chi connectivity index (χ1n) is 8.60. The fraction of sp³-hybridized carbons (Fsp3) is 0.556. The molecule has 1 aromatic heterocycles. The van der Waals surface area contributed by atoms with Gasteiger partial charge in [-0.15, -0.1) is 0 Å². The van der Waals surface area contributed by atoms with Gasteiger partial charge in [-0.2, -0.15) is 0 Å². The summed E-state index contributed by atoms with van der Waals surface area (Å²) in [5.41, 5.74) is 1.98. The van der Waals surface area contributed by atoms with Crippen LogP contribution in [0.5, 0.6) is 0 Å². The number of carbonyl (C=O) groups excluding carboxylic acids is 1. The van der Waals surface area contributed by atoms with Crippen molar-refractivity contribution in [1.82, 2.24) is 14.5 Å². The zero-order chi connectivity index (χ0) is 16.9. The van der Waals surface area contributed by atoms with Gasteiger partial charge in [-0.1, -0.05) is 0 Å². The lowest BCUT2D eigenvalue weighted by Crippen LogP contribution is -2.50. The average molecular weight is 329 g/mol. The van der Waals surface area contributed by atoms with Gasteiger partial charge in [-0.3, -0.25) is 9.36 Å². The van der Waals surface area contributed by atoms with Crippen molar-refractivity contribution in [3.05, 3.63) is 34.2 Å². The lowest BCUT2D eigenvalue weighted by Gasteiger charge is -2.41. The normalized spacial score (nSPS) is 20.2. The minimum atomic E-state index is -0.183. The van der Waals surface area contributed by atoms with E-state index in [0.29, 0.717) is 24.8 Å². The largest absolute Gasteiger partial charge is 0.381 e. The Hall–Kier alpha value is -2.08. The zero-order valence-corrected chi connectivity index (χ0v) is 14.2. The van der Waals surface area contributed by atoms with Crippen LogP contribution in [0.2, 0.25) is 0 Å². The predicted molar refractivity (Wildman–Crippen MR) is 91.4 cm³/mol. The molecule has 2 aliphatic rings. The van der Waals surface area contributed by atoms with E-state index in [0.717, 1.165) is 36.7 Å². The van der Waals surface area contributed by atoms with Crippen LogP contribution in [-0.4, -0.2) is 46.2 Å². The molecule has 128 valence electrons. The molecule has 1 aliphatic carbocycles. The van der Waals surface area contributed by atoms with Gasteiger partial charge in [0.2, 0.25) is 0 Å². The molecule has 24 heavy (non-hydrogen) atoms. The van der Waals surface area contributed by atoms with Crippen LogP contribution >= 0.6 is 0 Å². The number of rotatable bonds is 3. The summed E-state index contributed by atoms with van der Waals surface area (Å²) in [4.78, 5) is 29.8. The first-order valence-corrected chi connectivity index (χ1v) is 8.60. The molecule has 0 bridgehead atoms. The Balaban J connectivity index is 1.66. The molecule has 1 N–H and O–H groups in total. The summed E-state index contributed by atoms with van der Waals surface area (Å²) in [6.07, 6.45) is 3.78. The fourth-order valence-electron chi connectivity index (χ4n) is 3.54. The number of fused-ring (bicyclic) bond motifs is 1. The molecule has 2 heterocycles. The maximum Gasteiger partial charge on any atom is 0.326 e. The summed E-state index contributed by atoms with van der Waals surface area (Å²) in [5.74, 6) is -0.0127. The zero-order valence-electron chi connectivity index (χ0n) is 14.2. The van der Waals surface area contributed by atoms with Gasteiger partial charge in [0.05, 0.1) is 11.0 Å². The number of hydrogen-bond donors (Lipinski definition) is 1. The predicted octanol–water partition coefficient (Wildman–Crippen LogP) is 2.31. The molecule has 0 atom stereocenters. The molecule has 1 amide bonds. The van der Waals surface area contributed by atoms with E-state index in [2.05, 4.69) is 11.9 Å². The van der Waals surface area contributed by atoms with E-state index in [-0.39, 0.29) is 17.1 Å². The Bertz CT molecular complexity index is 841. The van der Waals surface area contributed by atoms with Crippen LogP contribution in [0.1, 0.15) is 49.0 Å². The molecule has 6 nitrogen and oxygen atoms in total. The van der Waals surface area contributed by atoms with Gasteiger partial charge in [-0.25, -0.2) is 4.79 Å². The third-order valence-electron chi connectivity index (χ3n) is 5.56. The molecule has 1 aromatic carbocycles. The van der Waals surface area contributed by atoms with E-state index in [4.69, 9.17) is 4.74 Å². The SMILES string of the molecule is CN(C(=O)c1ccc2c(c1)[nH]c(=O)n2C1CC1)C1(C)CCOCC1. The number of ether oxygens (including phenoxy) is 1. The number of amides is 1. The van der Waals surface area contributed by atoms with Gasteiger partial charge in [-0.05, 0) is 50.8 Å². The van der Waals surface area contributed by atoms with Gasteiger partial charge in [0.1, 0.15) is 0 Å². The van der Waals surface area contributed by atoms with E-state index in [1.807, 2.05) is 28.6 Å². The van der Waals surface area contributed by atoms with E-state index in [1.165, 1.54) is 0 Å². The molecule has 1 saturated heterocycles. The van der Waals surface area contributed by atoms with Crippen molar-refractivity contribution >= 4 is 16.9 Å². The fourth-order valence-corrected chi connectivity index (χ4v) is 3.54. The Morgan fingerprint density at radius 2 is 2.04 bits per heavy atom. The first kappa shape index (κ1) is 15.4. The molecule has 1 aliphatic heterocycles. The van der Waals surface area contributed by atoms with Crippen LogP contribution in [0.3, 0.4) is 0 Å². The molecule has 0 spiro atoms. The average Bonchev–Trinajstić information content (AvgIpc) is 3.35. The quantitative estimate of drug-likeness (QED) is 0.939. The maximum absolute atomic E-state index is 12.9. The van der Waals surface area contributed by atoms with Crippen molar-refractivity contribution in [1.29, 1.82) is 0 Å². The van der Waals surface area contributed by atoms with Crippen LogP contribution in [0.4, 0.5) is 0 Å². The number of carbonyl (C=O) groups is 1. The number of aromatic amines is 1. The molecular weight excluding hydrogens is 306 g/mol. The highest BCUT2D eigenvalue weighted by Crippen LogP contribution is 2.36. The third kappa shape index (κ3) is 2.45. The highest BCUT2D eigenvalue weighted by atomic mass is 16.5. The third-order valence-corrected chi connectivity index (χ3v) is 5.56. The van der Waals surface area contributed by atoms with Crippen LogP contribution in [0.25, 0.3) is 11.0 Å². The van der Waals surface area contributed by atoms with Crippen LogP contribution in [0.15, 0.2) is 23.0 Å². The van der Waals surface area contributed by atoms with Gasteiger partial charge in [0, 0.05) is 37.4 Å². The minimum absolute atomic E-state index is 0.0127. The number of H-pyrrole nitrogens is 1. The molecule has 0 unspecified atom stereocenters. The Morgan fingerprint density at radius 1 is 1.33 bits per heavy atom. The van der Waals surface area contributed by atoms with Crippen molar-refractivity contribution in [2.75, 3.05) is 20.3 Å². The van der Waals surface area contributed by atoms with Crippen molar-refractivity contribution in [2.45, 2.75) is 44.2 Å². The van der Waals surface area contributed by atoms with E-state index in [1.54, 1.807) is 6.07 Å². The summed E-state index contributed by atoms with van der Waals surface area (Å²) in [6, 6.07) is 5.84. The maximum atomic E-state index is 12.9. The van der Waals surface area contributed by atoms with Gasteiger partial charge in [0.15, 0.2) is 0 Å². The molecule has 2 aromatic rings. The lowest BCUT2D eigenvalue weighted by molar-refractivity contribution is -0.00280. The molecular formula is C18H23N3O3. The number of nitrogens with one attached hydrogen (secondary N) is 1. The van der Waals surface area contributed by atoms with Crippen molar-refractivity contribution in [3.8, 4) is 0 Å². The molecule has 6 heteroatoms. The minimum Gasteiger partial charge on any atom is -0.381 e. The highest BCUT2D eigenvalue weighted by Gasteiger charge is 2.35. The standard InChI is InChI=1S/C18H23N3O3/c1-18(7-9-24-10-8-18)20(2)16(22)12-3-6-15-14(11-12)19-17(23)21(15)13-4-5-13/h3,6,11,13H,4-5,7-10H2,1-2H3,(H,19,23). The number of aromatic nitrogens is 2. The molecule has 2 fully saturated rings. The topological polar surface area (TPSA) is 67.3 Å². The Kier molecular flexibility index (Phi) is 3.53. The monoisotopic (exact) mass is 329 g/mol. The Labute approximate surface area is 140 Å². The van der Waals surface area contributed by atoms with Crippen LogP contribution in [-0.2, 0) is 4.74 Å². The second kappa shape index (κ2) is 5.48. The van der Waals surface area contributed by atoms with Crippen LogP contribution < -0.4 is 5.69 Å². The lowest BCUT2D eigenvalue weighted by atomic mass is 9.90. The Morgan fingerprint density at radius 3 is 2.71 bits per heavy atom. The smallest absolute Gasteiger partial charge is 0.326 e. The highest BCUT2D eigenvalue weighted by molar-refractivity contribution is 5.97. The van der Waals surface area contributed by atoms with Gasteiger partial charge >= 0.3 is 5.69 Å². The summed E-state index contributed by atoms with van der Waals surface area (Å²) in [7, 11) is 1.86. The molecule has 0 radical (unpaired) electrons. The summed E-state index contributed by atoms with van der Waals surface area (Å²) < 4.78 is 7.23. The second-order valence-corrected chi connectivity index (χ2v) is 7.24. The van der Waals surface area contributed by atoms with Crippen LogP contribution in [0, 0.1) is 0 Å². The van der Waals surface area contributed by atoms with Gasteiger partial charge in [0.25, 0.3) is 5.91 Å². The van der Waals surface area contributed by atoms with Crippen molar-refractivity contribution < 1.29 is 9.53 Å². The molecule has 4 rings (SSSR count). The van der Waals surface area contributed by atoms with Gasteiger partial charge < -0.3 is 14.6 Å². The summed E-state index contributed by atoms with van der Waals surface area (Å²) in [6.45, 7) is 3.48. The van der Waals surface area contributed by atoms with E-state index < -0.39 is 0 Å². The van der Waals surface area contributed by atoms with Crippen molar-refractivity contribution in [2.24, 2.45) is 0 Å². The molecule has 1 saturated carbocycles. The first-order chi connectivity index (χ1) is 11.5. The van der Waals surface area contributed by atoms with E-state index >= 15 is 0 Å². The summed E-state index contributed by atoms with van der Waals surface area (Å²) >= 11 is 0. The summed E-state index contributed by atoms with van der Waals surface area (Å²) in [5, 5.41) is 0. The number of hydrogen-bond acceptors (Lipinski definition) is 3. The number of nitrogens with zero attached hydrogens (tertiary/aromatic N) is 2. The van der Waals surface area contributed by atoms with E-state index in [9.17, 15) is 9.59 Å². The second-order valence-electron chi connectivity index (χ2n) is 7.24.